The molecular weight excluding hydrogens is 684 g/mol. The Kier molecular flexibility index (Phi) is 12.6. The molecule has 1 aromatic rings. The van der Waals surface area contributed by atoms with Crippen molar-refractivity contribution in [3.8, 4) is 11.5 Å². The van der Waals surface area contributed by atoms with Gasteiger partial charge in [-0.1, -0.05) is 13.0 Å². The van der Waals surface area contributed by atoms with Crippen LogP contribution < -0.4 is 9.47 Å². The van der Waals surface area contributed by atoms with E-state index in [-0.39, 0.29) is 23.5 Å². The summed E-state index contributed by atoms with van der Waals surface area (Å²) in [6, 6.07) is 4.54. The Morgan fingerprint density at radius 1 is 0.843 bits per heavy atom. The zero-order valence-corrected chi connectivity index (χ0v) is 27.9. The first kappa shape index (κ1) is 38.8. The number of aliphatic hydroxyl groups excluding tert-OH is 8. The second kappa shape index (κ2) is 16.5. The summed E-state index contributed by atoms with van der Waals surface area (Å²) in [6.45, 7) is 0.471. The van der Waals surface area contributed by atoms with E-state index in [4.69, 9.17) is 37.9 Å². The maximum atomic E-state index is 13.0. The van der Waals surface area contributed by atoms with E-state index in [0.29, 0.717) is 5.56 Å². The summed E-state index contributed by atoms with van der Waals surface area (Å²) in [7, 11) is 2.56. The molecule has 0 spiro atoms. The van der Waals surface area contributed by atoms with Gasteiger partial charge in [-0.15, -0.1) is 0 Å². The maximum absolute atomic E-state index is 13.0. The van der Waals surface area contributed by atoms with Crippen LogP contribution in [0.15, 0.2) is 36.1 Å². The van der Waals surface area contributed by atoms with Crippen LogP contribution in [0.2, 0.25) is 0 Å². The third-order valence-corrected chi connectivity index (χ3v) is 9.68. The molecule has 284 valence electrons. The summed E-state index contributed by atoms with van der Waals surface area (Å²) in [5.74, 6) is -2.79. The number of fused-ring (bicyclic) bond motifs is 1. The number of ether oxygens (including phenoxy) is 8. The molecule has 1 aliphatic carbocycles. The Balaban J connectivity index is 1.26. The van der Waals surface area contributed by atoms with Crippen molar-refractivity contribution in [3.63, 3.8) is 0 Å². The fraction of sp³-hybridized carbons (Fsp3) is 0.636. The third-order valence-electron chi connectivity index (χ3n) is 9.68. The van der Waals surface area contributed by atoms with Crippen LogP contribution in [0.25, 0.3) is 6.08 Å². The van der Waals surface area contributed by atoms with Crippen molar-refractivity contribution in [2.45, 2.75) is 87.2 Å². The lowest BCUT2D eigenvalue weighted by molar-refractivity contribution is -0.342. The number of hydrogen-bond donors (Lipinski definition) is 8. The van der Waals surface area contributed by atoms with Gasteiger partial charge in [0, 0.05) is 23.8 Å². The molecule has 1 saturated carbocycles. The Hall–Kier alpha value is -3.40. The van der Waals surface area contributed by atoms with E-state index in [1.165, 1.54) is 38.5 Å². The van der Waals surface area contributed by atoms with Crippen molar-refractivity contribution in [2.75, 3.05) is 27.4 Å². The molecule has 8 N–H and O–H groups in total. The minimum absolute atomic E-state index is 0.0983. The predicted molar refractivity (Wildman–Crippen MR) is 167 cm³/mol. The zero-order chi connectivity index (χ0) is 37.1. The summed E-state index contributed by atoms with van der Waals surface area (Å²) in [6.07, 6.45) is -13.1. The van der Waals surface area contributed by atoms with Crippen LogP contribution in [-0.4, -0.2) is 154 Å². The van der Waals surface area contributed by atoms with Gasteiger partial charge in [0.1, 0.15) is 54.9 Å². The van der Waals surface area contributed by atoms with E-state index in [1.807, 2.05) is 0 Å². The monoisotopic (exact) mass is 728 g/mol. The van der Waals surface area contributed by atoms with Gasteiger partial charge in [0.25, 0.3) is 0 Å². The van der Waals surface area contributed by atoms with Crippen molar-refractivity contribution >= 4 is 18.0 Å². The molecule has 2 saturated heterocycles. The number of hydrogen-bond acceptors (Lipinski definition) is 18. The molecule has 4 aliphatic rings. The molecule has 3 fully saturated rings. The van der Waals surface area contributed by atoms with Gasteiger partial charge in [0.2, 0.25) is 12.6 Å². The minimum Gasteiger partial charge on any atom is -0.493 e. The second-order valence-electron chi connectivity index (χ2n) is 12.7. The summed E-state index contributed by atoms with van der Waals surface area (Å²) >= 11 is 0. The van der Waals surface area contributed by atoms with E-state index < -0.39 is 117 Å². The molecule has 5 rings (SSSR count). The van der Waals surface area contributed by atoms with Gasteiger partial charge in [-0.2, -0.15) is 0 Å². The first-order chi connectivity index (χ1) is 24.3. The summed E-state index contributed by atoms with van der Waals surface area (Å²) in [5.41, 5.74) is 0.658. The van der Waals surface area contributed by atoms with E-state index in [0.717, 1.165) is 6.26 Å². The number of benzene rings is 1. The molecule has 51 heavy (non-hydrogen) atoms. The standard InChI is InChI=1S/C33H44O18/c1-13-18(9-15-16(30(43)45-3)12-46-31(23(13)15)51-33-29(42)27(40)25(38)21(11-35)50-33)47-22(36)7-5-14-4-6-17(19(8-14)44-2)48-32-28(41)26(39)24(37)20(10-34)49-32/h4-8,12-13,15,18,20-21,23-29,31-35,37-42H,9-11H2,1-3H3. The largest absolute Gasteiger partial charge is 0.493 e. The summed E-state index contributed by atoms with van der Waals surface area (Å²) in [5, 5.41) is 80.2. The van der Waals surface area contributed by atoms with Crippen LogP contribution >= 0.6 is 0 Å². The van der Waals surface area contributed by atoms with E-state index >= 15 is 0 Å². The van der Waals surface area contributed by atoms with E-state index in [1.54, 1.807) is 13.0 Å². The SMILES string of the molecule is COC(=O)C1=COC(OC2OC(CO)C(O)C(O)C2O)C2C1CC(OC(=O)C=Cc1ccc(OC3OC(CO)C(O)C(O)C3O)c(OC)c1)C2C. The molecule has 15 atom stereocenters. The number of methoxy groups -OCH3 is 2. The highest BCUT2D eigenvalue weighted by Crippen LogP contribution is 2.49. The number of carbonyl (C=O) groups is 2. The highest BCUT2D eigenvalue weighted by atomic mass is 16.8. The van der Waals surface area contributed by atoms with Gasteiger partial charge >= 0.3 is 11.9 Å². The highest BCUT2D eigenvalue weighted by Gasteiger charge is 2.54. The van der Waals surface area contributed by atoms with Crippen LogP contribution in [0.1, 0.15) is 18.9 Å². The molecule has 0 radical (unpaired) electrons. The fourth-order valence-electron chi connectivity index (χ4n) is 6.76. The number of carbonyl (C=O) groups excluding carboxylic acids is 2. The maximum Gasteiger partial charge on any atom is 0.337 e. The summed E-state index contributed by atoms with van der Waals surface area (Å²) < 4.78 is 44.3. The molecule has 0 bridgehead atoms. The minimum atomic E-state index is -1.70. The first-order valence-corrected chi connectivity index (χ1v) is 16.3. The van der Waals surface area contributed by atoms with Crippen molar-refractivity contribution in [3.05, 3.63) is 41.7 Å². The van der Waals surface area contributed by atoms with Crippen LogP contribution in [0.5, 0.6) is 11.5 Å². The molecule has 15 unspecified atom stereocenters. The van der Waals surface area contributed by atoms with Gasteiger partial charge < -0.3 is 78.7 Å². The Labute approximate surface area is 291 Å². The van der Waals surface area contributed by atoms with Crippen LogP contribution in [0.3, 0.4) is 0 Å². The summed E-state index contributed by atoms with van der Waals surface area (Å²) in [4.78, 5) is 25.7. The first-order valence-electron chi connectivity index (χ1n) is 16.3. The normalized spacial score (nSPS) is 39.4. The van der Waals surface area contributed by atoms with Gasteiger partial charge in [0.15, 0.2) is 17.8 Å². The molecule has 0 aromatic heterocycles. The van der Waals surface area contributed by atoms with Gasteiger partial charge in [-0.05, 0) is 30.2 Å². The molecule has 3 aliphatic heterocycles. The Morgan fingerprint density at radius 3 is 2.08 bits per heavy atom. The van der Waals surface area contributed by atoms with Crippen LogP contribution in [0, 0.1) is 17.8 Å². The quantitative estimate of drug-likeness (QED) is 0.0851. The lowest BCUT2D eigenvalue weighted by atomic mass is 9.83. The average molecular weight is 729 g/mol. The molecule has 18 heteroatoms. The number of rotatable bonds is 11. The van der Waals surface area contributed by atoms with Crippen molar-refractivity contribution in [1.82, 2.24) is 0 Å². The number of aliphatic hydroxyl groups is 8. The molecule has 18 nitrogen and oxygen atoms in total. The van der Waals surface area contributed by atoms with Crippen LogP contribution in [0.4, 0.5) is 0 Å². The third kappa shape index (κ3) is 8.01. The average Bonchev–Trinajstić information content (AvgIpc) is 3.46. The highest BCUT2D eigenvalue weighted by molar-refractivity contribution is 5.89. The van der Waals surface area contributed by atoms with Crippen molar-refractivity contribution in [2.24, 2.45) is 17.8 Å². The van der Waals surface area contributed by atoms with Crippen molar-refractivity contribution < 1.29 is 88.3 Å². The second-order valence-corrected chi connectivity index (χ2v) is 12.7. The fourth-order valence-corrected chi connectivity index (χ4v) is 6.76. The Bertz CT molecular complexity index is 1430. The Morgan fingerprint density at radius 2 is 1.47 bits per heavy atom. The molecule has 1 aromatic carbocycles. The van der Waals surface area contributed by atoms with E-state index in [2.05, 4.69) is 0 Å². The van der Waals surface area contributed by atoms with E-state index in [9.17, 15) is 50.4 Å². The molecular formula is C33H44O18. The molecule has 3 heterocycles. The topological polar surface area (TPSA) is 270 Å². The van der Waals surface area contributed by atoms with Gasteiger partial charge in [-0.25, -0.2) is 9.59 Å². The predicted octanol–water partition coefficient (Wildman–Crippen LogP) is -2.70. The van der Waals surface area contributed by atoms with Gasteiger partial charge in [-0.3, -0.25) is 0 Å². The lowest BCUT2D eigenvalue weighted by Crippen LogP contribution is -2.60. The van der Waals surface area contributed by atoms with Crippen LogP contribution in [-0.2, 0) is 38.0 Å². The number of esters is 2. The lowest BCUT2D eigenvalue weighted by Gasteiger charge is -2.43. The smallest absolute Gasteiger partial charge is 0.337 e. The molecule has 0 amide bonds. The van der Waals surface area contributed by atoms with Gasteiger partial charge in [0.05, 0.1) is 39.3 Å². The van der Waals surface area contributed by atoms with Crippen molar-refractivity contribution in [1.29, 1.82) is 0 Å². The zero-order valence-electron chi connectivity index (χ0n) is 27.9.